The molecule has 0 amide bonds. The zero-order valence-corrected chi connectivity index (χ0v) is 21.2. The molecule has 3 heteroatoms. The summed E-state index contributed by atoms with van der Waals surface area (Å²) in [6.07, 6.45) is 3.02. The van der Waals surface area contributed by atoms with Gasteiger partial charge in [0.2, 0.25) is 0 Å². The molecule has 34 heavy (non-hydrogen) atoms. The maximum absolute atomic E-state index is 6.65. The molecule has 0 aliphatic rings. The monoisotopic (exact) mass is 463 g/mol. The van der Waals surface area contributed by atoms with Crippen molar-refractivity contribution in [3.8, 4) is 11.3 Å². The third-order valence-corrected chi connectivity index (χ3v) is 7.78. The molecule has 0 spiro atoms. The van der Waals surface area contributed by atoms with Crippen molar-refractivity contribution in [1.29, 1.82) is 0 Å². The fraction of sp³-hybridized carbons (Fsp3) is 0.258. The van der Waals surface area contributed by atoms with E-state index in [0.29, 0.717) is 5.92 Å². The maximum atomic E-state index is 6.65. The summed E-state index contributed by atoms with van der Waals surface area (Å²) in [4.78, 5) is 6.25. The molecule has 0 fully saturated rings. The molecule has 0 N–H and O–H groups in total. The van der Waals surface area contributed by atoms with Gasteiger partial charge in [0, 0.05) is 37.5 Å². The first-order chi connectivity index (χ1) is 16.3. The summed E-state index contributed by atoms with van der Waals surface area (Å²) in [6, 6.07) is 22.1. The van der Waals surface area contributed by atoms with Gasteiger partial charge in [-0.1, -0.05) is 58.9 Å². The molecule has 0 atom stereocenters. The number of pyridine rings is 1. The molecule has 170 valence electrons. The van der Waals surface area contributed by atoms with Crippen LogP contribution >= 0.6 is 11.3 Å². The first-order valence-corrected chi connectivity index (χ1v) is 12.9. The number of hydrogen-bond acceptors (Lipinski definition) is 3. The molecule has 3 aromatic carbocycles. The van der Waals surface area contributed by atoms with Crippen LogP contribution in [0.5, 0.6) is 0 Å². The van der Waals surface area contributed by atoms with E-state index in [-0.39, 0.29) is 5.41 Å². The smallest absolute Gasteiger partial charge is 0.161 e. The van der Waals surface area contributed by atoms with Crippen LogP contribution in [0.1, 0.15) is 45.1 Å². The third-order valence-electron chi connectivity index (χ3n) is 6.65. The Kier molecular flexibility index (Phi) is 4.82. The van der Waals surface area contributed by atoms with Crippen LogP contribution in [0.2, 0.25) is 0 Å². The van der Waals surface area contributed by atoms with Crippen LogP contribution in [-0.4, -0.2) is 4.98 Å². The molecular formula is C31H29NOS. The Balaban J connectivity index is 1.63. The molecular weight excluding hydrogens is 434 g/mol. The lowest BCUT2D eigenvalue weighted by Gasteiger charge is -2.22. The van der Waals surface area contributed by atoms with Crippen molar-refractivity contribution in [3.05, 3.63) is 77.3 Å². The van der Waals surface area contributed by atoms with Crippen molar-refractivity contribution >= 4 is 54.1 Å². The molecule has 6 aromatic rings. The van der Waals surface area contributed by atoms with Crippen LogP contribution in [0.15, 0.2) is 71.3 Å². The molecule has 6 rings (SSSR count). The highest BCUT2D eigenvalue weighted by atomic mass is 32.1. The van der Waals surface area contributed by atoms with E-state index in [1.165, 1.54) is 31.3 Å². The largest absolute Gasteiger partial charge is 0.453 e. The number of nitrogens with zero attached hydrogens (tertiary/aromatic N) is 1. The number of fused-ring (bicyclic) bond motifs is 6. The zero-order chi connectivity index (χ0) is 23.6. The number of furan rings is 1. The summed E-state index contributed by atoms with van der Waals surface area (Å²) in [5, 5.41) is 6.04. The zero-order valence-electron chi connectivity index (χ0n) is 20.4. The Morgan fingerprint density at radius 3 is 2.44 bits per heavy atom. The Labute approximate surface area is 204 Å². The summed E-state index contributed by atoms with van der Waals surface area (Å²) in [5.41, 5.74) is 5.22. The SMILES string of the molecule is CC(C)Cc1cc2c(ccc3c4ccnc(-c5cc(C(C)(C)C)c6ccccc6c5)c4oc23)s1. The lowest BCUT2D eigenvalue weighted by Crippen LogP contribution is -2.12. The van der Waals surface area contributed by atoms with E-state index in [2.05, 4.69) is 95.3 Å². The van der Waals surface area contributed by atoms with Crippen LogP contribution in [0.3, 0.4) is 0 Å². The maximum Gasteiger partial charge on any atom is 0.161 e. The summed E-state index contributed by atoms with van der Waals surface area (Å²) < 4.78 is 7.94. The van der Waals surface area contributed by atoms with E-state index in [1.54, 1.807) is 0 Å². The van der Waals surface area contributed by atoms with E-state index < -0.39 is 0 Å². The highest BCUT2D eigenvalue weighted by Gasteiger charge is 2.21. The number of thiophene rings is 1. The molecule has 0 bridgehead atoms. The number of hydrogen-bond donors (Lipinski definition) is 0. The van der Waals surface area contributed by atoms with Gasteiger partial charge in [0.15, 0.2) is 5.58 Å². The van der Waals surface area contributed by atoms with Crippen LogP contribution < -0.4 is 0 Å². The van der Waals surface area contributed by atoms with E-state index in [9.17, 15) is 0 Å². The molecule has 3 heterocycles. The Morgan fingerprint density at radius 2 is 1.65 bits per heavy atom. The predicted octanol–water partition coefficient (Wildman–Crippen LogP) is 9.51. The van der Waals surface area contributed by atoms with Gasteiger partial charge in [-0.25, -0.2) is 0 Å². The first-order valence-electron chi connectivity index (χ1n) is 12.1. The second-order valence-corrected chi connectivity index (χ2v) is 12.0. The highest BCUT2D eigenvalue weighted by molar-refractivity contribution is 7.19. The van der Waals surface area contributed by atoms with E-state index in [4.69, 9.17) is 9.40 Å². The van der Waals surface area contributed by atoms with Crippen molar-refractivity contribution in [2.24, 2.45) is 5.92 Å². The summed E-state index contributed by atoms with van der Waals surface area (Å²) in [5.74, 6) is 0.639. The highest BCUT2D eigenvalue weighted by Crippen LogP contribution is 2.42. The first kappa shape index (κ1) is 21.4. The van der Waals surface area contributed by atoms with Gasteiger partial charge in [0.05, 0.1) is 0 Å². The second kappa shape index (κ2) is 7.68. The molecule has 0 aliphatic heterocycles. The molecule has 0 saturated carbocycles. The molecule has 0 unspecified atom stereocenters. The molecule has 3 aromatic heterocycles. The summed E-state index contributed by atoms with van der Waals surface area (Å²) in [7, 11) is 0. The predicted molar refractivity (Wildman–Crippen MR) is 147 cm³/mol. The fourth-order valence-corrected chi connectivity index (χ4v) is 6.38. The average molecular weight is 464 g/mol. The molecule has 0 radical (unpaired) electrons. The van der Waals surface area contributed by atoms with Crippen molar-refractivity contribution in [1.82, 2.24) is 4.98 Å². The van der Waals surface area contributed by atoms with Gasteiger partial charge in [-0.3, -0.25) is 4.98 Å². The number of aromatic nitrogens is 1. The summed E-state index contributed by atoms with van der Waals surface area (Å²) in [6.45, 7) is 11.4. The lowest BCUT2D eigenvalue weighted by molar-refractivity contribution is 0.596. The van der Waals surface area contributed by atoms with Gasteiger partial charge >= 0.3 is 0 Å². The minimum Gasteiger partial charge on any atom is -0.453 e. The topological polar surface area (TPSA) is 26.0 Å². The van der Waals surface area contributed by atoms with Gasteiger partial charge < -0.3 is 4.42 Å². The van der Waals surface area contributed by atoms with Crippen molar-refractivity contribution in [2.75, 3.05) is 0 Å². The van der Waals surface area contributed by atoms with E-state index in [0.717, 1.165) is 39.6 Å². The lowest BCUT2D eigenvalue weighted by atomic mass is 9.82. The Morgan fingerprint density at radius 1 is 0.853 bits per heavy atom. The normalized spacial score (nSPS) is 12.6. The second-order valence-electron chi connectivity index (χ2n) is 10.8. The molecule has 2 nitrogen and oxygen atoms in total. The molecule has 0 saturated heterocycles. The van der Waals surface area contributed by atoms with Crippen molar-refractivity contribution in [2.45, 2.75) is 46.5 Å². The van der Waals surface area contributed by atoms with Gasteiger partial charge in [0.1, 0.15) is 11.3 Å². The Bertz CT molecular complexity index is 1690. The fourth-order valence-electron chi connectivity index (χ4n) is 5.10. The van der Waals surface area contributed by atoms with Crippen LogP contribution in [0, 0.1) is 5.92 Å². The summed E-state index contributed by atoms with van der Waals surface area (Å²) >= 11 is 1.88. The van der Waals surface area contributed by atoms with Crippen molar-refractivity contribution < 1.29 is 4.42 Å². The number of rotatable bonds is 3. The van der Waals surface area contributed by atoms with Crippen LogP contribution in [-0.2, 0) is 11.8 Å². The minimum absolute atomic E-state index is 0.0209. The minimum atomic E-state index is 0.0209. The Hall–Kier alpha value is -3.17. The number of benzene rings is 3. The quantitative estimate of drug-likeness (QED) is 0.261. The standard InChI is InChI=1S/C31H29NOS/c1-18(2)14-21-17-25-27(34-21)11-10-23-24-12-13-32-28(30(24)33-29(23)25)20-15-19-8-6-7-9-22(19)26(16-20)31(3,4)5/h6-13,15-18H,14H2,1-5H3. The van der Waals surface area contributed by atoms with Gasteiger partial charge in [-0.15, -0.1) is 11.3 Å². The third kappa shape index (κ3) is 3.42. The van der Waals surface area contributed by atoms with E-state index >= 15 is 0 Å². The molecule has 0 aliphatic carbocycles. The van der Waals surface area contributed by atoms with E-state index in [1.807, 2.05) is 17.5 Å². The van der Waals surface area contributed by atoms with Crippen LogP contribution in [0.4, 0.5) is 0 Å². The van der Waals surface area contributed by atoms with Gasteiger partial charge in [-0.2, -0.15) is 0 Å². The van der Waals surface area contributed by atoms with Gasteiger partial charge in [-0.05, 0) is 70.5 Å². The van der Waals surface area contributed by atoms with Gasteiger partial charge in [0.25, 0.3) is 0 Å². The van der Waals surface area contributed by atoms with Crippen LogP contribution in [0.25, 0.3) is 54.1 Å². The van der Waals surface area contributed by atoms with Crippen molar-refractivity contribution in [3.63, 3.8) is 0 Å². The average Bonchev–Trinajstić information content (AvgIpc) is 3.37.